The van der Waals surface area contributed by atoms with Gasteiger partial charge in [0.25, 0.3) is 0 Å². The number of carbonyl (C=O) groups excluding carboxylic acids is 2. The smallest absolute Gasteiger partial charge is 0.335 e. The highest BCUT2D eigenvalue weighted by Gasteiger charge is 2.31. The van der Waals surface area contributed by atoms with E-state index in [0.717, 1.165) is 24.2 Å². The minimum atomic E-state index is -0.642. The van der Waals surface area contributed by atoms with Gasteiger partial charge in [-0.15, -0.1) is 0 Å². The van der Waals surface area contributed by atoms with Crippen LogP contribution >= 0.6 is 0 Å². The summed E-state index contributed by atoms with van der Waals surface area (Å²) in [6.07, 6.45) is 18.2. The van der Waals surface area contributed by atoms with Crippen LogP contribution in [0.25, 0.3) is 0 Å². The molecule has 1 N–H and O–H groups in total. The van der Waals surface area contributed by atoms with Gasteiger partial charge in [0.2, 0.25) is 0 Å². The molecule has 43 heavy (non-hydrogen) atoms. The number of rotatable bonds is 18. The average Bonchev–Trinajstić information content (AvgIpc) is 3.04. The third-order valence-corrected chi connectivity index (χ3v) is 9.83. The van der Waals surface area contributed by atoms with Crippen LogP contribution in [0.5, 0.6) is 0 Å². The molecule has 1 atom stereocenters. The largest absolute Gasteiger partial charge is 0.462 e. The standard InChI is InChI=1S/C37H56O6/c1-5-6-7-8-29-11-15-32(16-12-29)34-19-21-35(22-20-34)33-17-13-30(14-18-33)9-10-31(25-42-36(39)27(2)23-38)26-43-37(40)28(3)24-41-4/h13-14,17-18,29,31-32,34-35,38H,2-3,5-12,15-16,19-26H2,1,4H3. The normalized spacial score (nSPS) is 22.9. The summed E-state index contributed by atoms with van der Waals surface area (Å²) in [5, 5.41) is 9.15. The van der Waals surface area contributed by atoms with Crippen LogP contribution in [0.1, 0.15) is 107 Å². The van der Waals surface area contributed by atoms with Crippen molar-refractivity contribution in [1.82, 2.24) is 0 Å². The first kappa shape index (κ1) is 35.0. The summed E-state index contributed by atoms with van der Waals surface area (Å²) >= 11 is 0. The maximum absolute atomic E-state index is 12.2. The highest BCUT2D eigenvalue weighted by atomic mass is 16.5. The van der Waals surface area contributed by atoms with Crippen molar-refractivity contribution >= 4 is 11.9 Å². The average molecular weight is 597 g/mol. The van der Waals surface area contributed by atoms with Gasteiger partial charge >= 0.3 is 11.9 Å². The molecule has 0 spiro atoms. The van der Waals surface area contributed by atoms with E-state index in [2.05, 4.69) is 44.3 Å². The monoisotopic (exact) mass is 596 g/mol. The molecular formula is C37H56O6. The Morgan fingerprint density at radius 2 is 1.44 bits per heavy atom. The van der Waals surface area contributed by atoms with Gasteiger partial charge in [-0.3, -0.25) is 0 Å². The summed E-state index contributed by atoms with van der Waals surface area (Å²) < 4.78 is 15.7. The second kappa shape index (κ2) is 19.1. The lowest BCUT2D eigenvalue weighted by Gasteiger charge is -2.38. The Kier molecular flexibility index (Phi) is 15.5. The van der Waals surface area contributed by atoms with E-state index in [9.17, 15) is 9.59 Å². The molecule has 1 aromatic carbocycles. The molecule has 0 aromatic heterocycles. The number of carbonyl (C=O) groups is 2. The molecule has 6 nitrogen and oxygen atoms in total. The van der Waals surface area contributed by atoms with Crippen molar-refractivity contribution in [3.63, 3.8) is 0 Å². The van der Waals surface area contributed by atoms with Gasteiger partial charge < -0.3 is 19.3 Å². The number of aliphatic hydroxyl groups is 1. The number of ether oxygens (including phenoxy) is 3. The van der Waals surface area contributed by atoms with E-state index in [1.807, 2.05) is 0 Å². The topological polar surface area (TPSA) is 82.1 Å². The van der Waals surface area contributed by atoms with Crippen molar-refractivity contribution in [2.75, 3.05) is 33.5 Å². The second-order valence-electron chi connectivity index (χ2n) is 13.0. The molecule has 1 unspecified atom stereocenters. The molecule has 0 saturated heterocycles. The van der Waals surface area contributed by atoms with Gasteiger partial charge in [-0.05, 0) is 86.2 Å². The second-order valence-corrected chi connectivity index (χ2v) is 13.0. The summed E-state index contributed by atoms with van der Waals surface area (Å²) in [6.45, 7) is 9.32. The SMILES string of the molecule is C=C(CO)C(=O)OCC(CCc1ccc(C2CCC(C3CCC(CCCCC)CC3)CC2)cc1)COC(=O)C(=C)COC. The number of aryl methyl sites for hydroxylation is 1. The molecule has 2 aliphatic carbocycles. The van der Waals surface area contributed by atoms with Crippen molar-refractivity contribution in [2.45, 2.75) is 103 Å². The van der Waals surface area contributed by atoms with E-state index >= 15 is 0 Å². The zero-order chi connectivity index (χ0) is 31.0. The summed E-state index contributed by atoms with van der Waals surface area (Å²) in [6, 6.07) is 9.00. The Bertz CT molecular complexity index is 998. The van der Waals surface area contributed by atoms with Crippen molar-refractivity contribution in [1.29, 1.82) is 0 Å². The summed E-state index contributed by atoms with van der Waals surface area (Å²) in [7, 11) is 1.49. The van der Waals surface area contributed by atoms with Crippen LogP contribution in [-0.4, -0.2) is 50.6 Å². The quantitative estimate of drug-likeness (QED) is 0.106. The molecule has 0 radical (unpaired) electrons. The van der Waals surface area contributed by atoms with E-state index in [4.69, 9.17) is 19.3 Å². The van der Waals surface area contributed by atoms with Gasteiger partial charge in [0.1, 0.15) is 0 Å². The molecular weight excluding hydrogens is 540 g/mol. The molecule has 1 aromatic rings. The maximum atomic E-state index is 12.2. The predicted molar refractivity (Wildman–Crippen MR) is 172 cm³/mol. The summed E-state index contributed by atoms with van der Waals surface area (Å²) in [5.74, 6) is 2.16. The van der Waals surface area contributed by atoms with Crippen molar-refractivity contribution in [3.05, 3.63) is 59.7 Å². The highest BCUT2D eigenvalue weighted by molar-refractivity contribution is 5.88. The van der Waals surface area contributed by atoms with Crippen LogP contribution < -0.4 is 0 Å². The maximum Gasteiger partial charge on any atom is 0.335 e. The Labute approximate surface area is 260 Å². The molecule has 0 aliphatic heterocycles. The van der Waals surface area contributed by atoms with E-state index in [-0.39, 0.29) is 36.9 Å². The Morgan fingerprint density at radius 3 is 2.00 bits per heavy atom. The van der Waals surface area contributed by atoms with Crippen molar-refractivity contribution in [2.24, 2.45) is 23.7 Å². The molecule has 2 aliphatic rings. The Balaban J connectivity index is 1.45. The van der Waals surface area contributed by atoms with E-state index in [1.54, 1.807) is 0 Å². The first-order valence-electron chi connectivity index (χ1n) is 16.7. The van der Waals surface area contributed by atoms with Crippen LogP contribution in [0.15, 0.2) is 48.6 Å². The van der Waals surface area contributed by atoms with Gasteiger partial charge in [0.05, 0.1) is 37.6 Å². The Hall–Kier alpha value is -2.44. The van der Waals surface area contributed by atoms with Crippen LogP contribution in [0.3, 0.4) is 0 Å². The van der Waals surface area contributed by atoms with E-state index < -0.39 is 18.5 Å². The third kappa shape index (κ3) is 11.9. The lowest BCUT2D eigenvalue weighted by atomic mass is 9.68. The molecule has 2 saturated carbocycles. The van der Waals surface area contributed by atoms with Crippen LogP contribution in [0.4, 0.5) is 0 Å². The lowest BCUT2D eigenvalue weighted by Crippen LogP contribution is -2.25. The number of aliphatic hydroxyl groups excluding tert-OH is 1. The van der Waals surface area contributed by atoms with Crippen LogP contribution in [-0.2, 0) is 30.2 Å². The fraction of sp³-hybridized carbons (Fsp3) is 0.676. The first-order chi connectivity index (χ1) is 20.8. The van der Waals surface area contributed by atoms with E-state index in [0.29, 0.717) is 12.3 Å². The third-order valence-electron chi connectivity index (χ3n) is 9.83. The van der Waals surface area contributed by atoms with Gasteiger partial charge in [0.15, 0.2) is 0 Å². The summed E-state index contributed by atoms with van der Waals surface area (Å²) in [4.78, 5) is 24.2. The zero-order valence-corrected chi connectivity index (χ0v) is 26.8. The van der Waals surface area contributed by atoms with Gasteiger partial charge in [-0.1, -0.05) is 82.9 Å². The number of hydrogen-bond donors (Lipinski definition) is 1. The molecule has 2 fully saturated rings. The Morgan fingerprint density at radius 1 is 0.860 bits per heavy atom. The number of benzene rings is 1. The lowest BCUT2D eigenvalue weighted by molar-refractivity contribution is -0.144. The number of methoxy groups -OCH3 is 1. The minimum absolute atomic E-state index is 0.000904. The van der Waals surface area contributed by atoms with Crippen LogP contribution in [0, 0.1) is 23.7 Å². The van der Waals surface area contributed by atoms with Gasteiger partial charge in [0, 0.05) is 13.0 Å². The molecule has 0 amide bonds. The fourth-order valence-electron chi connectivity index (χ4n) is 6.99. The molecule has 240 valence electrons. The first-order valence-corrected chi connectivity index (χ1v) is 16.7. The van der Waals surface area contributed by atoms with Gasteiger partial charge in [-0.2, -0.15) is 0 Å². The minimum Gasteiger partial charge on any atom is -0.462 e. The fourth-order valence-corrected chi connectivity index (χ4v) is 6.99. The van der Waals surface area contributed by atoms with E-state index in [1.165, 1.54) is 95.3 Å². The number of hydrogen-bond acceptors (Lipinski definition) is 6. The number of unbranched alkanes of at least 4 members (excludes halogenated alkanes) is 2. The zero-order valence-electron chi connectivity index (χ0n) is 26.8. The molecule has 0 bridgehead atoms. The predicted octanol–water partition coefficient (Wildman–Crippen LogP) is 7.73. The number of esters is 2. The van der Waals surface area contributed by atoms with Crippen LogP contribution in [0.2, 0.25) is 0 Å². The van der Waals surface area contributed by atoms with Gasteiger partial charge in [-0.25, -0.2) is 9.59 Å². The van der Waals surface area contributed by atoms with Crippen molar-refractivity contribution < 1.29 is 28.9 Å². The van der Waals surface area contributed by atoms with Crippen molar-refractivity contribution in [3.8, 4) is 0 Å². The highest BCUT2D eigenvalue weighted by Crippen LogP contribution is 2.44. The molecule has 3 rings (SSSR count). The summed E-state index contributed by atoms with van der Waals surface area (Å²) in [5.41, 5.74) is 2.89. The molecule has 6 heteroatoms. The molecule has 0 heterocycles.